The minimum Gasteiger partial charge on any atom is -0.385 e. The maximum atomic E-state index is 12.1. The summed E-state index contributed by atoms with van der Waals surface area (Å²) in [6.45, 7) is 4.46. The molecule has 4 nitrogen and oxygen atoms in total. The predicted octanol–water partition coefficient (Wildman–Crippen LogP) is 1.94. The number of carbonyl (C=O) groups excluding carboxylic acids is 1. The van der Waals surface area contributed by atoms with Crippen LogP contribution in [0.2, 0.25) is 0 Å². The summed E-state index contributed by atoms with van der Waals surface area (Å²) >= 11 is 0. The van der Waals surface area contributed by atoms with Crippen molar-refractivity contribution in [1.29, 1.82) is 0 Å². The van der Waals surface area contributed by atoms with Crippen LogP contribution in [0.3, 0.4) is 0 Å². The first kappa shape index (κ1) is 13.9. The van der Waals surface area contributed by atoms with Crippen molar-refractivity contribution in [2.24, 2.45) is 0 Å². The van der Waals surface area contributed by atoms with Crippen LogP contribution in [0.15, 0.2) is 24.3 Å². The van der Waals surface area contributed by atoms with Crippen LogP contribution in [0.1, 0.15) is 30.1 Å². The summed E-state index contributed by atoms with van der Waals surface area (Å²) in [6.07, 6.45) is 2.60. The SMILES string of the molecule is CCNc1ccccc1C(=O)NCCN(C)C1CC1. The van der Waals surface area contributed by atoms with Crippen molar-refractivity contribution in [3.63, 3.8) is 0 Å². The zero-order chi connectivity index (χ0) is 13.7. The lowest BCUT2D eigenvalue weighted by Crippen LogP contribution is -2.34. The third-order valence-electron chi connectivity index (χ3n) is 3.46. The number of benzene rings is 1. The monoisotopic (exact) mass is 261 g/mol. The van der Waals surface area contributed by atoms with Gasteiger partial charge < -0.3 is 15.5 Å². The number of nitrogens with zero attached hydrogens (tertiary/aromatic N) is 1. The van der Waals surface area contributed by atoms with E-state index >= 15 is 0 Å². The van der Waals surface area contributed by atoms with Crippen molar-refractivity contribution < 1.29 is 4.79 Å². The summed E-state index contributed by atoms with van der Waals surface area (Å²) in [4.78, 5) is 14.5. The maximum Gasteiger partial charge on any atom is 0.253 e. The van der Waals surface area contributed by atoms with E-state index in [0.29, 0.717) is 6.54 Å². The lowest BCUT2D eigenvalue weighted by molar-refractivity contribution is 0.0950. The van der Waals surface area contributed by atoms with Gasteiger partial charge in [-0.25, -0.2) is 0 Å². The molecule has 0 aliphatic heterocycles. The van der Waals surface area contributed by atoms with Crippen LogP contribution < -0.4 is 10.6 Å². The predicted molar refractivity (Wildman–Crippen MR) is 78.6 cm³/mol. The van der Waals surface area contributed by atoms with E-state index in [-0.39, 0.29) is 5.91 Å². The summed E-state index contributed by atoms with van der Waals surface area (Å²) < 4.78 is 0. The molecule has 0 saturated heterocycles. The molecule has 2 N–H and O–H groups in total. The van der Waals surface area contributed by atoms with Crippen LogP contribution in [0.5, 0.6) is 0 Å². The van der Waals surface area contributed by atoms with Gasteiger partial charge in [-0.1, -0.05) is 12.1 Å². The third kappa shape index (κ3) is 3.96. The molecule has 104 valence electrons. The second-order valence-corrected chi connectivity index (χ2v) is 5.04. The molecule has 19 heavy (non-hydrogen) atoms. The van der Waals surface area contributed by atoms with Gasteiger partial charge in [0.2, 0.25) is 0 Å². The summed E-state index contributed by atoms with van der Waals surface area (Å²) in [5, 5.41) is 6.20. The van der Waals surface area contributed by atoms with Crippen molar-refractivity contribution in [2.75, 3.05) is 32.0 Å². The number of para-hydroxylation sites is 1. The fourth-order valence-corrected chi connectivity index (χ4v) is 2.16. The Morgan fingerprint density at radius 2 is 2.11 bits per heavy atom. The molecule has 0 atom stereocenters. The highest BCUT2D eigenvalue weighted by molar-refractivity contribution is 5.99. The minimum atomic E-state index is 0.000692. The average molecular weight is 261 g/mol. The number of rotatable bonds is 7. The molecular formula is C15H23N3O. The summed E-state index contributed by atoms with van der Waals surface area (Å²) in [7, 11) is 2.12. The number of amides is 1. The van der Waals surface area contributed by atoms with Gasteiger partial charge in [0.05, 0.1) is 5.56 Å². The van der Waals surface area contributed by atoms with Crippen LogP contribution in [0.25, 0.3) is 0 Å². The molecule has 0 aromatic heterocycles. The van der Waals surface area contributed by atoms with Gasteiger partial charge in [0, 0.05) is 31.4 Å². The summed E-state index contributed by atoms with van der Waals surface area (Å²) in [6, 6.07) is 8.37. The Morgan fingerprint density at radius 3 is 2.79 bits per heavy atom. The van der Waals surface area contributed by atoms with E-state index in [4.69, 9.17) is 0 Å². The van der Waals surface area contributed by atoms with Gasteiger partial charge in [0.25, 0.3) is 5.91 Å². The summed E-state index contributed by atoms with van der Waals surface area (Å²) in [5.41, 5.74) is 1.62. The molecule has 0 heterocycles. The Bertz CT molecular complexity index is 429. The van der Waals surface area contributed by atoms with E-state index in [2.05, 4.69) is 22.6 Å². The molecule has 0 spiro atoms. The van der Waals surface area contributed by atoms with Gasteiger partial charge in [0.15, 0.2) is 0 Å². The first-order valence-electron chi connectivity index (χ1n) is 7.03. The molecule has 1 amide bonds. The van der Waals surface area contributed by atoms with Gasteiger partial charge >= 0.3 is 0 Å². The molecule has 1 saturated carbocycles. The molecule has 0 bridgehead atoms. The Morgan fingerprint density at radius 1 is 1.37 bits per heavy atom. The topological polar surface area (TPSA) is 44.4 Å². The Hall–Kier alpha value is -1.55. The quantitative estimate of drug-likeness (QED) is 0.788. The first-order chi connectivity index (χ1) is 9.22. The highest BCUT2D eigenvalue weighted by Crippen LogP contribution is 2.24. The Labute approximate surface area is 115 Å². The second-order valence-electron chi connectivity index (χ2n) is 5.04. The van der Waals surface area contributed by atoms with E-state index in [9.17, 15) is 4.79 Å². The molecule has 1 aliphatic rings. The van der Waals surface area contributed by atoms with Crippen LogP contribution in [-0.2, 0) is 0 Å². The van der Waals surface area contributed by atoms with Crippen LogP contribution in [0, 0.1) is 0 Å². The number of likely N-dealkylation sites (N-methyl/N-ethyl adjacent to an activating group) is 1. The molecular weight excluding hydrogens is 238 g/mol. The molecule has 1 aromatic carbocycles. The van der Waals surface area contributed by atoms with E-state index in [0.717, 1.165) is 30.4 Å². The van der Waals surface area contributed by atoms with Crippen LogP contribution >= 0.6 is 0 Å². The van der Waals surface area contributed by atoms with E-state index in [1.165, 1.54) is 12.8 Å². The number of anilines is 1. The molecule has 1 aliphatic carbocycles. The second kappa shape index (κ2) is 6.57. The molecule has 2 rings (SSSR count). The molecule has 0 unspecified atom stereocenters. The maximum absolute atomic E-state index is 12.1. The molecule has 4 heteroatoms. The van der Waals surface area contributed by atoms with E-state index in [1.54, 1.807) is 0 Å². The minimum absolute atomic E-state index is 0.000692. The first-order valence-corrected chi connectivity index (χ1v) is 7.03. The average Bonchev–Trinajstić information content (AvgIpc) is 3.24. The Balaban J connectivity index is 1.84. The zero-order valence-electron chi connectivity index (χ0n) is 11.8. The number of hydrogen-bond acceptors (Lipinski definition) is 3. The van der Waals surface area contributed by atoms with Gasteiger partial charge in [-0.15, -0.1) is 0 Å². The smallest absolute Gasteiger partial charge is 0.253 e. The summed E-state index contributed by atoms with van der Waals surface area (Å²) in [5.74, 6) is 0.000692. The lowest BCUT2D eigenvalue weighted by Gasteiger charge is -2.16. The largest absolute Gasteiger partial charge is 0.385 e. The van der Waals surface area contributed by atoms with Gasteiger partial charge in [0.1, 0.15) is 0 Å². The normalized spacial score (nSPS) is 14.5. The third-order valence-corrected chi connectivity index (χ3v) is 3.46. The molecule has 1 aromatic rings. The van der Waals surface area contributed by atoms with Crippen LogP contribution in [-0.4, -0.2) is 43.5 Å². The lowest BCUT2D eigenvalue weighted by atomic mass is 10.1. The van der Waals surface area contributed by atoms with E-state index in [1.807, 2.05) is 31.2 Å². The molecule has 0 radical (unpaired) electrons. The Kier molecular flexibility index (Phi) is 4.80. The number of hydrogen-bond donors (Lipinski definition) is 2. The highest BCUT2D eigenvalue weighted by Gasteiger charge is 2.25. The van der Waals surface area contributed by atoms with Crippen molar-refractivity contribution in [3.05, 3.63) is 29.8 Å². The van der Waals surface area contributed by atoms with Crippen LogP contribution in [0.4, 0.5) is 5.69 Å². The zero-order valence-corrected chi connectivity index (χ0v) is 11.8. The standard InChI is InChI=1S/C15H23N3O/c1-3-16-14-7-5-4-6-13(14)15(19)17-10-11-18(2)12-8-9-12/h4-7,12,16H,3,8-11H2,1-2H3,(H,17,19). The van der Waals surface area contributed by atoms with Crippen molar-refractivity contribution in [1.82, 2.24) is 10.2 Å². The van der Waals surface area contributed by atoms with Gasteiger partial charge in [-0.3, -0.25) is 4.79 Å². The van der Waals surface area contributed by atoms with Gasteiger partial charge in [-0.05, 0) is 38.9 Å². The van der Waals surface area contributed by atoms with Crippen molar-refractivity contribution in [2.45, 2.75) is 25.8 Å². The number of nitrogens with one attached hydrogen (secondary N) is 2. The highest BCUT2D eigenvalue weighted by atomic mass is 16.1. The fraction of sp³-hybridized carbons (Fsp3) is 0.533. The number of carbonyl (C=O) groups is 1. The van der Waals surface area contributed by atoms with Crippen molar-refractivity contribution >= 4 is 11.6 Å². The van der Waals surface area contributed by atoms with Gasteiger partial charge in [-0.2, -0.15) is 0 Å². The molecule has 1 fully saturated rings. The van der Waals surface area contributed by atoms with Crippen molar-refractivity contribution in [3.8, 4) is 0 Å². The van der Waals surface area contributed by atoms with E-state index < -0.39 is 0 Å². The fourth-order valence-electron chi connectivity index (χ4n) is 2.16.